The maximum absolute atomic E-state index is 12.8. The second kappa shape index (κ2) is 8.65. The number of carbonyl (C=O) groups is 1. The summed E-state index contributed by atoms with van der Waals surface area (Å²) in [4.78, 5) is 37.3. The normalized spacial score (nSPS) is 10.9. The molecule has 0 aliphatic carbocycles. The first kappa shape index (κ1) is 20.7. The first-order valence-corrected chi connectivity index (χ1v) is 10.1. The number of nitrogens with one attached hydrogen (secondary N) is 2. The van der Waals surface area contributed by atoms with Gasteiger partial charge in [-0.1, -0.05) is 11.6 Å². The number of nitrogens with zero attached hydrogens (tertiary/aromatic N) is 2. The third-order valence-corrected chi connectivity index (χ3v) is 5.30. The van der Waals surface area contributed by atoms with Crippen molar-refractivity contribution in [3.63, 3.8) is 0 Å². The molecule has 0 spiro atoms. The molecule has 2 heterocycles. The van der Waals surface area contributed by atoms with E-state index in [0.717, 1.165) is 28.2 Å². The molecule has 0 aliphatic heterocycles. The first-order valence-electron chi connectivity index (χ1n) is 9.72. The van der Waals surface area contributed by atoms with Crippen LogP contribution in [-0.4, -0.2) is 46.5 Å². The van der Waals surface area contributed by atoms with Crippen molar-refractivity contribution < 1.29 is 9.53 Å². The van der Waals surface area contributed by atoms with Gasteiger partial charge in [-0.15, -0.1) is 0 Å². The molecule has 0 saturated carbocycles. The SMILES string of the molecule is COc1ccc(-c2ccc(C(=O)N(C)CCc3nc4ccc(Cl)cc4[nH]3)c(=O)[nH]2)cc1. The number of hydrogen-bond acceptors (Lipinski definition) is 4. The van der Waals surface area contributed by atoms with Crippen molar-refractivity contribution in [1.29, 1.82) is 0 Å². The molecule has 1 amide bonds. The zero-order valence-corrected chi connectivity index (χ0v) is 17.9. The zero-order valence-electron chi connectivity index (χ0n) is 17.1. The summed E-state index contributed by atoms with van der Waals surface area (Å²) >= 11 is 6.00. The van der Waals surface area contributed by atoms with Crippen molar-refractivity contribution in [2.24, 2.45) is 0 Å². The van der Waals surface area contributed by atoms with Crippen molar-refractivity contribution in [2.75, 3.05) is 20.7 Å². The van der Waals surface area contributed by atoms with Crippen molar-refractivity contribution in [2.45, 2.75) is 6.42 Å². The molecule has 0 radical (unpaired) electrons. The van der Waals surface area contributed by atoms with Gasteiger partial charge in [0.15, 0.2) is 0 Å². The van der Waals surface area contributed by atoms with Gasteiger partial charge in [0.25, 0.3) is 11.5 Å². The molecule has 2 aromatic carbocycles. The van der Waals surface area contributed by atoms with Crippen LogP contribution in [0, 0.1) is 0 Å². The van der Waals surface area contributed by atoms with Gasteiger partial charge in [0.2, 0.25) is 0 Å². The third kappa shape index (κ3) is 4.46. The summed E-state index contributed by atoms with van der Waals surface area (Å²) in [6.07, 6.45) is 0.524. The van der Waals surface area contributed by atoms with E-state index < -0.39 is 5.56 Å². The summed E-state index contributed by atoms with van der Waals surface area (Å²) in [7, 11) is 3.26. The molecule has 0 saturated heterocycles. The second-order valence-electron chi connectivity index (χ2n) is 7.16. The van der Waals surface area contributed by atoms with Crippen LogP contribution < -0.4 is 10.3 Å². The van der Waals surface area contributed by atoms with Crippen LogP contribution in [0.15, 0.2) is 59.4 Å². The van der Waals surface area contributed by atoms with Crippen LogP contribution in [0.1, 0.15) is 16.2 Å². The van der Waals surface area contributed by atoms with Gasteiger partial charge in [-0.25, -0.2) is 4.98 Å². The summed E-state index contributed by atoms with van der Waals surface area (Å²) in [5, 5.41) is 0.632. The van der Waals surface area contributed by atoms with E-state index in [-0.39, 0.29) is 11.5 Å². The highest BCUT2D eigenvalue weighted by Gasteiger charge is 2.16. The molecule has 0 aliphatic rings. The van der Waals surface area contributed by atoms with Crippen molar-refractivity contribution >= 4 is 28.5 Å². The lowest BCUT2D eigenvalue weighted by atomic mass is 10.1. The quantitative estimate of drug-likeness (QED) is 0.479. The van der Waals surface area contributed by atoms with E-state index in [2.05, 4.69) is 15.0 Å². The van der Waals surface area contributed by atoms with E-state index in [0.29, 0.717) is 23.7 Å². The fourth-order valence-electron chi connectivity index (χ4n) is 3.31. The van der Waals surface area contributed by atoms with Crippen molar-refractivity contribution in [3.8, 4) is 17.0 Å². The predicted octanol–water partition coefficient (Wildman–Crippen LogP) is 3.89. The molecule has 0 unspecified atom stereocenters. The number of benzene rings is 2. The summed E-state index contributed by atoms with van der Waals surface area (Å²) in [6, 6.07) is 16.0. The minimum atomic E-state index is -0.427. The van der Waals surface area contributed by atoms with Gasteiger partial charge in [0.1, 0.15) is 17.1 Å². The number of H-pyrrole nitrogens is 2. The van der Waals surface area contributed by atoms with Crippen LogP contribution in [0.4, 0.5) is 0 Å². The number of aromatic nitrogens is 3. The van der Waals surface area contributed by atoms with Gasteiger partial charge in [-0.05, 0) is 60.2 Å². The van der Waals surface area contributed by atoms with Crippen LogP contribution in [0.3, 0.4) is 0 Å². The molecule has 0 atom stereocenters. The molecule has 0 fully saturated rings. The lowest BCUT2D eigenvalue weighted by Gasteiger charge is -2.16. The minimum absolute atomic E-state index is 0.0937. The molecule has 2 N–H and O–H groups in total. The number of likely N-dealkylation sites (N-methyl/N-ethyl adjacent to an activating group) is 1. The summed E-state index contributed by atoms with van der Waals surface area (Å²) < 4.78 is 5.15. The highest BCUT2D eigenvalue weighted by atomic mass is 35.5. The van der Waals surface area contributed by atoms with Crippen LogP contribution >= 0.6 is 11.6 Å². The lowest BCUT2D eigenvalue weighted by Crippen LogP contribution is -2.33. The Labute approximate surface area is 183 Å². The average Bonchev–Trinajstić information content (AvgIpc) is 3.19. The smallest absolute Gasteiger partial charge is 0.261 e. The van der Waals surface area contributed by atoms with Crippen molar-refractivity contribution in [3.05, 3.63) is 81.4 Å². The zero-order chi connectivity index (χ0) is 22.0. The van der Waals surface area contributed by atoms with Crippen LogP contribution in [0.2, 0.25) is 5.02 Å². The Morgan fingerprint density at radius 1 is 1.10 bits per heavy atom. The number of methoxy groups -OCH3 is 1. The number of imidazole rings is 1. The number of rotatable bonds is 6. The predicted molar refractivity (Wildman–Crippen MR) is 121 cm³/mol. The average molecular weight is 437 g/mol. The third-order valence-electron chi connectivity index (χ3n) is 5.06. The number of pyridine rings is 1. The van der Waals surface area contributed by atoms with E-state index in [4.69, 9.17) is 16.3 Å². The highest BCUT2D eigenvalue weighted by Crippen LogP contribution is 2.20. The number of halogens is 1. The van der Waals surface area contributed by atoms with Gasteiger partial charge in [0, 0.05) is 30.7 Å². The van der Waals surface area contributed by atoms with Crippen LogP contribution in [-0.2, 0) is 6.42 Å². The second-order valence-corrected chi connectivity index (χ2v) is 7.60. The number of fused-ring (bicyclic) bond motifs is 1. The number of amides is 1. The molecule has 4 rings (SSSR count). The Balaban J connectivity index is 1.45. The van der Waals surface area contributed by atoms with E-state index >= 15 is 0 Å². The Kier molecular flexibility index (Phi) is 5.77. The molecule has 158 valence electrons. The van der Waals surface area contributed by atoms with Gasteiger partial charge >= 0.3 is 0 Å². The number of carbonyl (C=O) groups excluding carboxylic acids is 1. The Hall–Kier alpha value is -3.58. The largest absolute Gasteiger partial charge is 0.497 e. The standard InChI is InChI=1S/C23H21ClN4O3/c1-28(12-11-21-25-19-9-5-15(24)13-20(19)26-21)23(30)17-8-10-18(27-22(17)29)14-3-6-16(31-2)7-4-14/h3-10,13H,11-12H2,1-2H3,(H,25,26)(H,27,29). The molecule has 7 nitrogen and oxygen atoms in total. The van der Waals surface area contributed by atoms with E-state index in [1.807, 2.05) is 36.4 Å². The van der Waals surface area contributed by atoms with Crippen molar-refractivity contribution in [1.82, 2.24) is 19.9 Å². The minimum Gasteiger partial charge on any atom is -0.497 e. The molecule has 8 heteroatoms. The van der Waals surface area contributed by atoms with E-state index in [1.54, 1.807) is 32.4 Å². The summed E-state index contributed by atoms with van der Waals surface area (Å²) in [5.74, 6) is 1.13. The summed E-state index contributed by atoms with van der Waals surface area (Å²) in [5.41, 5.74) is 2.80. The molecular formula is C23H21ClN4O3. The summed E-state index contributed by atoms with van der Waals surface area (Å²) in [6.45, 7) is 0.409. The monoisotopic (exact) mass is 436 g/mol. The Morgan fingerprint density at radius 2 is 1.87 bits per heavy atom. The van der Waals surface area contributed by atoms with Gasteiger partial charge < -0.3 is 19.6 Å². The first-order chi connectivity index (χ1) is 14.9. The van der Waals surface area contributed by atoms with Gasteiger partial charge in [-0.3, -0.25) is 9.59 Å². The Morgan fingerprint density at radius 3 is 2.58 bits per heavy atom. The maximum Gasteiger partial charge on any atom is 0.261 e. The molecular weight excluding hydrogens is 416 g/mol. The van der Waals surface area contributed by atoms with Gasteiger partial charge in [-0.2, -0.15) is 0 Å². The number of ether oxygens (including phenoxy) is 1. The fourth-order valence-corrected chi connectivity index (χ4v) is 3.49. The van der Waals surface area contributed by atoms with Crippen LogP contribution in [0.25, 0.3) is 22.3 Å². The Bertz CT molecular complexity index is 1290. The lowest BCUT2D eigenvalue weighted by molar-refractivity contribution is 0.0794. The highest BCUT2D eigenvalue weighted by molar-refractivity contribution is 6.31. The molecule has 0 bridgehead atoms. The van der Waals surface area contributed by atoms with Gasteiger partial charge in [0.05, 0.1) is 18.1 Å². The molecule has 4 aromatic rings. The molecule has 2 aromatic heterocycles. The maximum atomic E-state index is 12.8. The molecule has 31 heavy (non-hydrogen) atoms. The topological polar surface area (TPSA) is 91.1 Å². The number of aromatic amines is 2. The van der Waals surface area contributed by atoms with E-state index in [9.17, 15) is 9.59 Å². The number of hydrogen-bond donors (Lipinski definition) is 2. The fraction of sp³-hybridized carbons (Fsp3) is 0.174. The van der Waals surface area contributed by atoms with Crippen LogP contribution in [0.5, 0.6) is 5.75 Å². The van der Waals surface area contributed by atoms with E-state index in [1.165, 1.54) is 4.90 Å².